The van der Waals surface area contributed by atoms with Crippen molar-refractivity contribution < 1.29 is 4.79 Å². The molecule has 6 nitrogen and oxygen atoms in total. The molecule has 120 valence electrons. The third-order valence-corrected chi connectivity index (χ3v) is 5.41. The third-order valence-electron chi connectivity index (χ3n) is 5.41. The smallest absolute Gasteiger partial charge is 0.251 e. The predicted octanol–water partition coefficient (Wildman–Crippen LogP) is 2.22. The second-order valence-electron chi connectivity index (χ2n) is 6.78. The molecule has 2 fully saturated rings. The van der Waals surface area contributed by atoms with E-state index >= 15 is 0 Å². The van der Waals surface area contributed by atoms with E-state index in [4.69, 9.17) is 0 Å². The Kier molecular flexibility index (Phi) is 3.81. The van der Waals surface area contributed by atoms with E-state index in [-0.39, 0.29) is 5.91 Å². The van der Waals surface area contributed by atoms with E-state index in [2.05, 4.69) is 20.8 Å². The summed E-state index contributed by atoms with van der Waals surface area (Å²) >= 11 is 0. The zero-order valence-electron chi connectivity index (χ0n) is 13.1. The first-order chi connectivity index (χ1) is 11.3. The van der Waals surface area contributed by atoms with Gasteiger partial charge in [-0.2, -0.15) is 0 Å². The van der Waals surface area contributed by atoms with Crippen molar-refractivity contribution in [2.75, 3.05) is 6.54 Å². The number of carbonyl (C=O) groups excluding carboxylic acids is 1. The minimum absolute atomic E-state index is 0.0249. The van der Waals surface area contributed by atoms with E-state index in [0.717, 1.165) is 36.4 Å². The summed E-state index contributed by atoms with van der Waals surface area (Å²) < 4.78 is 1.55. The SMILES string of the molecule is O=C(NCCC1CC2CCC1C2)c1cccc(-n2cnnn2)c1. The zero-order chi connectivity index (χ0) is 15.6. The molecule has 0 spiro atoms. The van der Waals surface area contributed by atoms with E-state index in [0.29, 0.717) is 5.56 Å². The van der Waals surface area contributed by atoms with Crippen LogP contribution in [0.3, 0.4) is 0 Å². The van der Waals surface area contributed by atoms with Crippen molar-refractivity contribution >= 4 is 5.91 Å². The van der Waals surface area contributed by atoms with E-state index in [1.54, 1.807) is 4.68 Å². The van der Waals surface area contributed by atoms with Crippen LogP contribution in [0.25, 0.3) is 5.69 Å². The number of tetrazole rings is 1. The molecule has 0 radical (unpaired) electrons. The molecule has 0 aliphatic heterocycles. The summed E-state index contributed by atoms with van der Waals surface area (Å²) in [5.41, 5.74) is 1.43. The molecule has 23 heavy (non-hydrogen) atoms. The Hall–Kier alpha value is -2.24. The van der Waals surface area contributed by atoms with Gasteiger partial charge in [0, 0.05) is 12.1 Å². The van der Waals surface area contributed by atoms with Gasteiger partial charge in [0.1, 0.15) is 6.33 Å². The van der Waals surface area contributed by atoms with E-state index in [1.807, 2.05) is 24.3 Å². The molecule has 2 aliphatic carbocycles. The van der Waals surface area contributed by atoms with Crippen LogP contribution in [0.15, 0.2) is 30.6 Å². The number of nitrogens with one attached hydrogen (secondary N) is 1. The number of amides is 1. The molecular weight excluding hydrogens is 290 g/mol. The number of benzene rings is 1. The molecule has 3 unspecified atom stereocenters. The molecule has 2 aromatic rings. The molecular formula is C17H21N5O. The first-order valence-corrected chi connectivity index (χ1v) is 8.41. The topological polar surface area (TPSA) is 72.7 Å². The highest BCUT2D eigenvalue weighted by atomic mass is 16.1. The lowest BCUT2D eigenvalue weighted by atomic mass is 9.86. The Labute approximate surface area is 135 Å². The zero-order valence-corrected chi connectivity index (χ0v) is 13.1. The van der Waals surface area contributed by atoms with E-state index < -0.39 is 0 Å². The first-order valence-electron chi connectivity index (χ1n) is 8.41. The maximum atomic E-state index is 12.3. The summed E-state index contributed by atoms with van der Waals surface area (Å²) in [6.45, 7) is 0.766. The highest BCUT2D eigenvalue weighted by Crippen LogP contribution is 2.49. The quantitative estimate of drug-likeness (QED) is 0.919. The van der Waals surface area contributed by atoms with Crippen LogP contribution in [-0.2, 0) is 0 Å². The lowest BCUT2D eigenvalue weighted by Gasteiger charge is -2.21. The number of hydrogen-bond acceptors (Lipinski definition) is 4. The highest BCUT2D eigenvalue weighted by molar-refractivity contribution is 5.94. The minimum Gasteiger partial charge on any atom is -0.352 e. The molecule has 1 aromatic heterocycles. The molecule has 6 heteroatoms. The van der Waals surface area contributed by atoms with Crippen molar-refractivity contribution in [3.63, 3.8) is 0 Å². The summed E-state index contributed by atoms with van der Waals surface area (Å²) in [5, 5.41) is 14.1. The Morgan fingerprint density at radius 3 is 3.00 bits per heavy atom. The van der Waals surface area contributed by atoms with Gasteiger partial charge < -0.3 is 5.32 Å². The molecule has 2 aliphatic rings. The van der Waals surface area contributed by atoms with E-state index in [1.165, 1.54) is 32.0 Å². The van der Waals surface area contributed by atoms with Gasteiger partial charge in [-0.25, -0.2) is 4.68 Å². The number of aromatic nitrogens is 4. The largest absolute Gasteiger partial charge is 0.352 e. The summed E-state index contributed by atoms with van der Waals surface area (Å²) in [6.07, 6.45) is 8.25. The van der Waals surface area contributed by atoms with Crippen LogP contribution in [0, 0.1) is 17.8 Å². The van der Waals surface area contributed by atoms with Gasteiger partial charge in [0.15, 0.2) is 0 Å². The van der Waals surface area contributed by atoms with Crippen molar-refractivity contribution in [1.82, 2.24) is 25.5 Å². The highest BCUT2D eigenvalue weighted by Gasteiger charge is 2.38. The monoisotopic (exact) mass is 311 g/mol. The lowest BCUT2D eigenvalue weighted by molar-refractivity contribution is 0.0949. The Balaban J connectivity index is 1.33. The van der Waals surface area contributed by atoms with Crippen LogP contribution >= 0.6 is 0 Å². The van der Waals surface area contributed by atoms with Crippen LogP contribution in [-0.4, -0.2) is 32.7 Å². The van der Waals surface area contributed by atoms with Crippen molar-refractivity contribution in [1.29, 1.82) is 0 Å². The fourth-order valence-corrected chi connectivity index (χ4v) is 4.27. The third kappa shape index (κ3) is 2.98. The average molecular weight is 311 g/mol. The molecule has 0 saturated heterocycles. The van der Waals surface area contributed by atoms with Crippen LogP contribution in [0.5, 0.6) is 0 Å². The van der Waals surface area contributed by atoms with Crippen molar-refractivity contribution in [2.45, 2.75) is 32.1 Å². The van der Waals surface area contributed by atoms with Gasteiger partial charge in [0.05, 0.1) is 5.69 Å². The van der Waals surface area contributed by atoms with Gasteiger partial charge in [-0.15, -0.1) is 5.10 Å². The van der Waals surface area contributed by atoms with Crippen molar-refractivity contribution in [3.8, 4) is 5.69 Å². The Bertz CT molecular complexity index is 684. The maximum absolute atomic E-state index is 12.3. The Morgan fingerprint density at radius 1 is 1.30 bits per heavy atom. The fraction of sp³-hybridized carbons (Fsp3) is 0.529. The molecule has 3 atom stereocenters. The van der Waals surface area contributed by atoms with Crippen molar-refractivity contribution in [3.05, 3.63) is 36.2 Å². The molecule has 4 rings (SSSR count). The molecule has 1 amide bonds. The predicted molar refractivity (Wildman–Crippen MR) is 85.0 cm³/mol. The molecule has 1 aromatic carbocycles. The fourth-order valence-electron chi connectivity index (χ4n) is 4.27. The Morgan fingerprint density at radius 2 is 2.26 bits per heavy atom. The molecule has 1 heterocycles. The van der Waals surface area contributed by atoms with Gasteiger partial charge in [-0.05, 0) is 72.1 Å². The van der Waals surface area contributed by atoms with Crippen LogP contribution in [0.1, 0.15) is 42.5 Å². The molecule has 1 N–H and O–H groups in total. The minimum atomic E-state index is -0.0249. The summed E-state index contributed by atoms with van der Waals surface area (Å²) in [6, 6.07) is 7.36. The van der Waals surface area contributed by atoms with Gasteiger partial charge in [-0.3, -0.25) is 4.79 Å². The number of fused-ring (bicyclic) bond motifs is 2. The normalized spacial score (nSPS) is 25.7. The summed E-state index contributed by atoms with van der Waals surface area (Å²) in [7, 11) is 0. The van der Waals surface area contributed by atoms with Crippen LogP contribution in [0.4, 0.5) is 0 Å². The van der Waals surface area contributed by atoms with Crippen LogP contribution in [0.2, 0.25) is 0 Å². The maximum Gasteiger partial charge on any atom is 0.251 e. The van der Waals surface area contributed by atoms with Crippen molar-refractivity contribution in [2.24, 2.45) is 17.8 Å². The molecule has 2 saturated carbocycles. The van der Waals surface area contributed by atoms with Gasteiger partial charge >= 0.3 is 0 Å². The van der Waals surface area contributed by atoms with E-state index in [9.17, 15) is 4.79 Å². The van der Waals surface area contributed by atoms with Gasteiger partial charge in [0.25, 0.3) is 5.91 Å². The lowest BCUT2D eigenvalue weighted by Crippen LogP contribution is -2.27. The average Bonchev–Trinajstić information content (AvgIpc) is 3.32. The summed E-state index contributed by atoms with van der Waals surface area (Å²) in [5.74, 6) is 2.68. The number of rotatable bonds is 5. The van der Waals surface area contributed by atoms with Gasteiger partial charge in [0.2, 0.25) is 0 Å². The molecule has 2 bridgehead atoms. The number of hydrogen-bond donors (Lipinski definition) is 1. The van der Waals surface area contributed by atoms with Gasteiger partial charge in [-0.1, -0.05) is 12.5 Å². The first kappa shape index (κ1) is 14.4. The summed E-state index contributed by atoms with van der Waals surface area (Å²) in [4.78, 5) is 12.3. The second kappa shape index (κ2) is 6.10. The van der Waals surface area contributed by atoms with Crippen LogP contribution < -0.4 is 5.32 Å². The second-order valence-corrected chi connectivity index (χ2v) is 6.78. The number of carbonyl (C=O) groups is 1. The number of nitrogens with zero attached hydrogens (tertiary/aromatic N) is 4. The standard InChI is InChI=1S/C17H21N5O/c23-17(18-7-6-14-9-12-4-5-13(14)8-12)15-2-1-3-16(10-15)22-11-19-20-21-22/h1-3,10-14H,4-9H2,(H,18,23).